The Morgan fingerprint density at radius 2 is 2.19 bits per heavy atom. The van der Waals surface area contributed by atoms with Crippen LogP contribution < -0.4 is 0 Å². The van der Waals surface area contributed by atoms with Gasteiger partial charge in [-0.3, -0.25) is 4.79 Å². The van der Waals surface area contributed by atoms with E-state index in [9.17, 15) is 4.79 Å². The van der Waals surface area contributed by atoms with Gasteiger partial charge in [-0.1, -0.05) is 17.3 Å². The van der Waals surface area contributed by atoms with Gasteiger partial charge in [-0.15, -0.1) is 11.8 Å². The smallest absolute Gasteiger partial charge is 0.199 e. The van der Waals surface area contributed by atoms with Crippen LogP contribution in [-0.4, -0.2) is 10.9 Å². The topological polar surface area (TPSA) is 43.1 Å². The Bertz CT molecular complexity index is 574. The first-order valence-corrected chi connectivity index (χ1v) is 5.97. The molecule has 2 heterocycles. The van der Waals surface area contributed by atoms with Crippen molar-refractivity contribution in [3.8, 4) is 0 Å². The summed E-state index contributed by atoms with van der Waals surface area (Å²) in [6.45, 7) is 1.80. The summed E-state index contributed by atoms with van der Waals surface area (Å²) in [7, 11) is 0. The molecule has 4 heteroatoms. The molecule has 0 spiro atoms. The summed E-state index contributed by atoms with van der Waals surface area (Å²) in [6.07, 6.45) is 0. The van der Waals surface area contributed by atoms with E-state index in [1.807, 2.05) is 24.3 Å². The average molecular weight is 231 g/mol. The molecule has 0 fully saturated rings. The first kappa shape index (κ1) is 9.66. The number of carbonyl (C=O) groups is 1. The Morgan fingerprint density at radius 1 is 1.38 bits per heavy atom. The molecule has 0 N–H and O–H groups in total. The van der Waals surface area contributed by atoms with Gasteiger partial charge >= 0.3 is 0 Å². The molecule has 0 amide bonds. The molecule has 1 aliphatic heterocycles. The van der Waals surface area contributed by atoms with Crippen LogP contribution in [-0.2, 0) is 5.75 Å². The second-order valence-electron chi connectivity index (χ2n) is 3.68. The highest BCUT2D eigenvalue weighted by Crippen LogP contribution is 2.34. The van der Waals surface area contributed by atoms with Crippen molar-refractivity contribution in [3.63, 3.8) is 0 Å². The Labute approximate surface area is 96.8 Å². The molecule has 16 heavy (non-hydrogen) atoms. The van der Waals surface area contributed by atoms with Crippen molar-refractivity contribution in [3.05, 3.63) is 46.8 Å². The van der Waals surface area contributed by atoms with Crippen molar-refractivity contribution in [2.45, 2.75) is 17.6 Å². The highest BCUT2D eigenvalue weighted by Gasteiger charge is 2.26. The molecule has 0 atom stereocenters. The lowest BCUT2D eigenvalue weighted by Crippen LogP contribution is -2.03. The van der Waals surface area contributed by atoms with Crippen LogP contribution in [0.2, 0.25) is 0 Å². The highest BCUT2D eigenvalue weighted by molar-refractivity contribution is 7.98. The zero-order valence-corrected chi connectivity index (χ0v) is 9.50. The summed E-state index contributed by atoms with van der Waals surface area (Å²) in [5.41, 5.74) is 2.06. The summed E-state index contributed by atoms with van der Waals surface area (Å²) >= 11 is 1.61. The molecule has 0 aliphatic carbocycles. The van der Waals surface area contributed by atoms with E-state index in [0.29, 0.717) is 22.8 Å². The van der Waals surface area contributed by atoms with Gasteiger partial charge in [0.25, 0.3) is 0 Å². The van der Waals surface area contributed by atoms with E-state index in [4.69, 9.17) is 4.52 Å². The second-order valence-corrected chi connectivity index (χ2v) is 4.70. The van der Waals surface area contributed by atoms with Gasteiger partial charge < -0.3 is 4.52 Å². The highest BCUT2D eigenvalue weighted by atomic mass is 32.2. The van der Waals surface area contributed by atoms with Crippen LogP contribution in [0.3, 0.4) is 0 Å². The van der Waals surface area contributed by atoms with Gasteiger partial charge in [-0.05, 0) is 19.1 Å². The minimum absolute atomic E-state index is 0.0225. The number of benzene rings is 1. The van der Waals surface area contributed by atoms with E-state index >= 15 is 0 Å². The molecule has 0 saturated carbocycles. The second kappa shape index (κ2) is 3.49. The molecule has 1 aliphatic rings. The molecule has 0 radical (unpaired) electrons. The number of hydrogen-bond donors (Lipinski definition) is 0. The molecule has 0 saturated heterocycles. The number of ketones is 1. The molecular formula is C12H9NO2S. The summed E-state index contributed by atoms with van der Waals surface area (Å²) in [5, 5.41) is 3.85. The van der Waals surface area contributed by atoms with Gasteiger partial charge in [0.2, 0.25) is 0 Å². The van der Waals surface area contributed by atoms with Crippen LogP contribution in [0.4, 0.5) is 0 Å². The maximum absolute atomic E-state index is 12.3. The van der Waals surface area contributed by atoms with Gasteiger partial charge in [-0.2, -0.15) is 0 Å². The molecule has 0 bridgehead atoms. The number of nitrogens with zero attached hydrogens (tertiary/aromatic N) is 1. The minimum atomic E-state index is 0.0225. The lowest BCUT2D eigenvalue weighted by molar-refractivity contribution is 0.103. The summed E-state index contributed by atoms with van der Waals surface area (Å²) < 4.78 is 5.18. The predicted octanol–water partition coefficient (Wildman–Crippen LogP) is 2.82. The number of aryl methyl sites for hydroxylation is 1. The molecule has 80 valence electrons. The molecule has 3 nitrogen and oxygen atoms in total. The lowest BCUT2D eigenvalue weighted by Gasteiger charge is -2.02. The third-order valence-corrected chi connectivity index (χ3v) is 3.72. The first-order valence-electron chi connectivity index (χ1n) is 4.99. The SMILES string of the molecule is Cc1noc2c1C(=O)c1ccccc1SC2. The molecular weight excluding hydrogens is 222 g/mol. The minimum Gasteiger partial charge on any atom is -0.359 e. The van der Waals surface area contributed by atoms with Crippen molar-refractivity contribution in [2.75, 3.05) is 0 Å². The van der Waals surface area contributed by atoms with Crippen LogP contribution in [0.15, 0.2) is 33.7 Å². The third kappa shape index (κ3) is 1.30. The van der Waals surface area contributed by atoms with Gasteiger partial charge in [0, 0.05) is 10.5 Å². The van der Waals surface area contributed by atoms with E-state index in [2.05, 4.69) is 5.16 Å². The number of rotatable bonds is 0. The zero-order chi connectivity index (χ0) is 11.1. The van der Waals surface area contributed by atoms with Crippen molar-refractivity contribution in [2.24, 2.45) is 0 Å². The average Bonchev–Trinajstić information content (AvgIpc) is 2.60. The Hall–Kier alpha value is -1.55. The monoisotopic (exact) mass is 231 g/mol. The number of carbonyl (C=O) groups excluding carboxylic acids is 1. The standard InChI is InChI=1S/C12H9NO2S/c1-7-11-9(15-13-7)6-16-10-5-3-2-4-8(10)12(11)14/h2-5H,6H2,1H3. The zero-order valence-electron chi connectivity index (χ0n) is 8.69. The van der Waals surface area contributed by atoms with Crippen molar-refractivity contribution in [1.82, 2.24) is 5.16 Å². The number of aromatic nitrogens is 1. The maximum atomic E-state index is 12.3. The van der Waals surface area contributed by atoms with Crippen molar-refractivity contribution >= 4 is 17.5 Å². The summed E-state index contributed by atoms with van der Waals surface area (Å²) in [5.74, 6) is 1.37. The fraction of sp³-hybridized carbons (Fsp3) is 0.167. The predicted molar refractivity (Wildman–Crippen MR) is 60.7 cm³/mol. The molecule has 1 aromatic heterocycles. The Kier molecular flexibility index (Phi) is 2.11. The molecule has 0 unspecified atom stereocenters. The Balaban J connectivity index is 2.24. The van der Waals surface area contributed by atoms with Crippen LogP contribution in [0.1, 0.15) is 27.4 Å². The number of thioether (sulfide) groups is 1. The summed E-state index contributed by atoms with van der Waals surface area (Å²) in [6, 6.07) is 7.64. The van der Waals surface area contributed by atoms with Crippen molar-refractivity contribution < 1.29 is 9.32 Å². The van der Waals surface area contributed by atoms with Gasteiger partial charge in [-0.25, -0.2) is 0 Å². The first-order chi connectivity index (χ1) is 7.77. The largest absolute Gasteiger partial charge is 0.359 e. The maximum Gasteiger partial charge on any atom is 0.199 e. The quantitative estimate of drug-likeness (QED) is 0.699. The van der Waals surface area contributed by atoms with E-state index in [0.717, 1.165) is 10.5 Å². The van der Waals surface area contributed by atoms with Crippen LogP contribution in [0, 0.1) is 6.92 Å². The number of fused-ring (bicyclic) bond motifs is 2. The summed E-state index contributed by atoms with van der Waals surface area (Å²) in [4.78, 5) is 13.3. The molecule has 1 aromatic carbocycles. The van der Waals surface area contributed by atoms with Crippen molar-refractivity contribution in [1.29, 1.82) is 0 Å². The molecule has 3 rings (SSSR count). The fourth-order valence-corrected chi connectivity index (χ4v) is 2.84. The molecule has 2 aromatic rings. The third-order valence-electron chi connectivity index (χ3n) is 2.65. The van der Waals surface area contributed by atoms with Gasteiger partial charge in [0.1, 0.15) is 0 Å². The number of hydrogen-bond acceptors (Lipinski definition) is 4. The van der Waals surface area contributed by atoms with Crippen LogP contribution in [0.5, 0.6) is 0 Å². The van der Waals surface area contributed by atoms with Crippen LogP contribution in [0.25, 0.3) is 0 Å². The normalized spacial score (nSPS) is 14.2. The van der Waals surface area contributed by atoms with Crippen LogP contribution >= 0.6 is 11.8 Å². The van der Waals surface area contributed by atoms with Gasteiger partial charge in [0.15, 0.2) is 11.5 Å². The Morgan fingerprint density at radius 3 is 3.06 bits per heavy atom. The fourth-order valence-electron chi connectivity index (χ4n) is 1.86. The van der Waals surface area contributed by atoms with E-state index < -0.39 is 0 Å². The van der Waals surface area contributed by atoms with E-state index in [1.165, 1.54) is 0 Å². The van der Waals surface area contributed by atoms with Gasteiger partial charge in [0.05, 0.1) is 17.0 Å². The van der Waals surface area contributed by atoms with E-state index in [-0.39, 0.29) is 5.78 Å². The van der Waals surface area contributed by atoms with E-state index in [1.54, 1.807) is 18.7 Å². The lowest BCUT2D eigenvalue weighted by atomic mass is 10.0.